The van der Waals surface area contributed by atoms with Gasteiger partial charge < -0.3 is 9.84 Å². The third-order valence-corrected chi connectivity index (χ3v) is 2.26. The minimum atomic E-state index is -0.742. The molecule has 4 heteroatoms. The van der Waals surface area contributed by atoms with E-state index in [0.29, 0.717) is 13.2 Å². The Labute approximate surface area is 84.6 Å². The zero-order valence-electron chi connectivity index (χ0n) is 9.09. The molecule has 0 spiro atoms. The zero-order chi connectivity index (χ0) is 10.8. The van der Waals surface area contributed by atoms with Crippen molar-refractivity contribution in [1.82, 2.24) is 5.32 Å². The van der Waals surface area contributed by atoms with Gasteiger partial charge in [0.1, 0.15) is 5.54 Å². The van der Waals surface area contributed by atoms with Gasteiger partial charge >= 0.3 is 5.97 Å². The predicted molar refractivity (Wildman–Crippen MR) is 53.3 cm³/mol. The van der Waals surface area contributed by atoms with Gasteiger partial charge in [-0.3, -0.25) is 10.1 Å². The van der Waals surface area contributed by atoms with Crippen molar-refractivity contribution in [3.8, 4) is 0 Å². The van der Waals surface area contributed by atoms with E-state index in [0.717, 1.165) is 12.8 Å². The van der Waals surface area contributed by atoms with Gasteiger partial charge in [-0.15, -0.1) is 0 Å². The molecule has 0 unspecified atom stereocenters. The third-order valence-electron chi connectivity index (χ3n) is 2.26. The van der Waals surface area contributed by atoms with Crippen molar-refractivity contribution < 1.29 is 14.6 Å². The van der Waals surface area contributed by atoms with Crippen LogP contribution in [0.2, 0.25) is 0 Å². The van der Waals surface area contributed by atoms with Crippen molar-refractivity contribution in [3.63, 3.8) is 0 Å². The molecule has 0 bridgehead atoms. The summed E-state index contributed by atoms with van der Waals surface area (Å²) in [5.74, 6) is -0.742. The van der Waals surface area contributed by atoms with Crippen LogP contribution < -0.4 is 5.32 Å². The summed E-state index contributed by atoms with van der Waals surface area (Å²) in [6, 6.07) is 0. The van der Waals surface area contributed by atoms with Crippen LogP contribution >= 0.6 is 0 Å². The lowest BCUT2D eigenvalue weighted by Gasteiger charge is -2.20. The van der Waals surface area contributed by atoms with Crippen LogP contribution in [-0.2, 0) is 9.53 Å². The first kappa shape index (κ1) is 11.5. The average Bonchev–Trinajstić information content (AvgIpc) is 2.77. The molecule has 1 fully saturated rings. The van der Waals surface area contributed by atoms with Crippen molar-refractivity contribution in [2.45, 2.75) is 44.8 Å². The second-order valence-electron chi connectivity index (χ2n) is 4.77. The molecule has 0 amide bonds. The largest absolute Gasteiger partial charge is 0.480 e. The number of hydrogen-bond donors (Lipinski definition) is 2. The molecule has 0 saturated heterocycles. The topological polar surface area (TPSA) is 58.6 Å². The van der Waals surface area contributed by atoms with E-state index in [1.54, 1.807) is 0 Å². The second kappa shape index (κ2) is 3.87. The molecule has 82 valence electrons. The average molecular weight is 201 g/mol. The SMILES string of the molecule is CC(C)(C)OCCNC1(C(=O)O)CC1. The molecular formula is C10H19NO3. The first-order valence-electron chi connectivity index (χ1n) is 4.98. The van der Waals surface area contributed by atoms with Crippen molar-refractivity contribution in [2.75, 3.05) is 13.2 Å². The molecule has 1 rings (SSSR count). The molecule has 0 atom stereocenters. The Bertz CT molecular complexity index is 216. The minimum Gasteiger partial charge on any atom is -0.480 e. The second-order valence-corrected chi connectivity index (χ2v) is 4.77. The summed E-state index contributed by atoms with van der Waals surface area (Å²) >= 11 is 0. The number of carboxylic acids is 1. The lowest BCUT2D eigenvalue weighted by molar-refractivity contribution is -0.140. The van der Waals surface area contributed by atoms with E-state index in [-0.39, 0.29) is 5.60 Å². The van der Waals surface area contributed by atoms with Crippen LogP contribution in [0.25, 0.3) is 0 Å². The highest BCUT2D eigenvalue weighted by Gasteiger charge is 2.49. The van der Waals surface area contributed by atoms with E-state index in [4.69, 9.17) is 9.84 Å². The molecule has 0 radical (unpaired) electrons. The van der Waals surface area contributed by atoms with Gasteiger partial charge in [0.15, 0.2) is 0 Å². The van der Waals surface area contributed by atoms with Gasteiger partial charge in [-0.2, -0.15) is 0 Å². The molecule has 0 aromatic carbocycles. The normalized spacial score (nSPS) is 19.4. The maximum atomic E-state index is 10.8. The van der Waals surface area contributed by atoms with Gasteiger partial charge in [-0.05, 0) is 33.6 Å². The molecule has 2 N–H and O–H groups in total. The van der Waals surface area contributed by atoms with E-state index < -0.39 is 11.5 Å². The van der Waals surface area contributed by atoms with Gasteiger partial charge in [-0.25, -0.2) is 0 Å². The Morgan fingerprint density at radius 2 is 2.07 bits per heavy atom. The Hall–Kier alpha value is -0.610. The predicted octanol–water partition coefficient (Wildman–Crippen LogP) is 1.01. The molecule has 0 heterocycles. The number of carboxylic acid groups (broad SMARTS) is 1. The van der Waals surface area contributed by atoms with Crippen LogP contribution in [0, 0.1) is 0 Å². The third kappa shape index (κ3) is 3.27. The van der Waals surface area contributed by atoms with Gasteiger partial charge in [0.25, 0.3) is 0 Å². The summed E-state index contributed by atoms with van der Waals surface area (Å²) in [7, 11) is 0. The van der Waals surface area contributed by atoms with E-state index >= 15 is 0 Å². The standard InChI is InChI=1S/C10H19NO3/c1-9(2,3)14-7-6-11-10(4-5-10)8(12)13/h11H,4-7H2,1-3H3,(H,12,13). The highest BCUT2D eigenvalue weighted by molar-refractivity contribution is 5.82. The highest BCUT2D eigenvalue weighted by atomic mass is 16.5. The van der Waals surface area contributed by atoms with Gasteiger partial charge in [-0.1, -0.05) is 0 Å². The fourth-order valence-electron chi connectivity index (χ4n) is 1.24. The Morgan fingerprint density at radius 1 is 1.50 bits per heavy atom. The van der Waals surface area contributed by atoms with Crippen molar-refractivity contribution >= 4 is 5.97 Å². The van der Waals surface area contributed by atoms with Crippen LogP contribution in [0.15, 0.2) is 0 Å². The quantitative estimate of drug-likeness (QED) is 0.652. The Morgan fingerprint density at radius 3 is 2.43 bits per heavy atom. The number of hydrogen-bond acceptors (Lipinski definition) is 3. The van der Waals surface area contributed by atoms with E-state index in [1.165, 1.54) is 0 Å². The Kier molecular flexibility index (Phi) is 3.17. The highest BCUT2D eigenvalue weighted by Crippen LogP contribution is 2.35. The monoisotopic (exact) mass is 201 g/mol. The summed E-state index contributed by atoms with van der Waals surface area (Å²) in [4.78, 5) is 10.8. The Balaban J connectivity index is 2.13. The van der Waals surface area contributed by atoms with Crippen molar-refractivity contribution in [2.24, 2.45) is 0 Å². The fraction of sp³-hybridized carbons (Fsp3) is 0.900. The molecular weight excluding hydrogens is 182 g/mol. The minimum absolute atomic E-state index is 0.151. The molecule has 1 saturated carbocycles. The molecule has 0 aromatic rings. The molecule has 4 nitrogen and oxygen atoms in total. The van der Waals surface area contributed by atoms with Crippen LogP contribution in [0.3, 0.4) is 0 Å². The lowest BCUT2D eigenvalue weighted by Crippen LogP contribution is -2.41. The number of ether oxygens (including phenoxy) is 1. The molecule has 0 aliphatic heterocycles. The number of aliphatic carboxylic acids is 1. The van der Waals surface area contributed by atoms with E-state index in [1.807, 2.05) is 20.8 Å². The molecule has 1 aliphatic rings. The van der Waals surface area contributed by atoms with Crippen LogP contribution in [0.1, 0.15) is 33.6 Å². The first-order chi connectivity index (χ1) is 6.36. The van der Waals surface area contributed by atoms with Gasteiger partial charge in [0, 0.05) is 6.54 Å². The van der Waals surface area contributed by atoms with Crippen molar-refractivity contribution in [3.05, 3.63) is 0 Å². The number of nitrogens with one attached hydrogen (secondary N) is 1. The zero-order valence-corrected chi connectivity index (χ0v) is 9.09. The van der Waals surface area contributed by atoms with E-state index in [9.17, 15) is 4.79 Å². The van der Waals surface area contributed by atoms with E-state index in [2.05, 4.69) is 5.32 Å². The van der Waals surface area contributed by atoms with Crippen LogP contribution in [0.5, 0.6) is 0 Å². The lowest BCUT2D eigenvalue weighted by atomic mass is 10.2. The fourth-order valence-corrected chi connectivity index (χ4v) is 1.24. The first-order valence-corrected chi connectivity index (χ1v) is 4.98. The summed E-state index contributed by atoms with van der Waals surface area (Å²) in [5, 5.41) is 11.9. The van der Waals surface area contributed by atoms with Gasteiger partial charge in [0.05, 0.1) is 12.2 Å². The molecule has 14 heavy (non-hydrogen) atoms. The summed E-state index contributed by atoms with van der Waals surface area (Å²) in [6.45, 7) is 7.10. The van der Waals surface area contributed by atoms with Crippen LogP contribution in [-0.4, -0.2) is 35.4 Å². The van der Waals surface area contributed by atoms with Crippen molar-refractivity contribution in [1.29, 1.82) is 0 Å². The summed E-state index contributed by atoms with van der Waals surface area (Å²) < 4.78 is 5.48. The maximum absolute atomic E-state index is 10.8. The van der Waals surface area contributed by atoms with Crippen LogP contribution in [0.4, 0.5) is 0 Å². The summed E-state index contributed by atoms with van der Waals surface area (Å²) in [5.41, 5.74) is -0.789. The maximum Gasteiger partial charge on any atom is 0.323 e. The molecule has 1 aliphatic carbocycles. The number of rotatable bonds is 5. The molecule has 0 aromatic heterocycles. The van der Waals surface area contributed by atoms with Gasteiger partial charge in [0.2, 0.25) is 0 Å². The summed E-state index contributed by atoms with van der Waals surface area (Å²) in [6.07, 6.45) is 1.47. The smallest absolute Gasteiger partial charge is 0.323 e. The number of carbonyl (C=O) groups is 1.